The highest BCUT2D eigenvalue weighted by Crippen LogP contribution is 2.06. The van der Waals surface area contributed by atoms with Gasteiger partial charge in [0.05, 0.1) is 5.75 Å². The van der Waals surface area contributed by atoms with E-state index in [1.54, 1.807) is 0 Å². The van der Waals surface area contributed by atoms with E-state index in [0.717, 1.165) is 11.1 Å². The van der Waals surface area contributed by atoms with Crippen LogP contribution < -0.4 is 4.72 Å². The molecule has 0 aliphatic heterocycles. The fourth-order valence-corrected chi connectivity index (χ4v) is 2.94. The topological polar surface area (TPSA) is 51.1 Å². The van der Waals surface area contributed by atoms with Gasteiger partial charge in [-0.2, -0.15) is 0 Å². The van der Waals surface area contributed by atoms with Gasteiger partial charge < -0.3 is 4.57 Å². The Bertz CT molecular complexity index is 601. The third kappa shape index (κ3) is 4.54. The largest absolute Gasteiger partial charge is 0.353 e. The fourth-order valence-electron chi connectivity index (χ4n) is 1.80. The van der Waals surface area contributed by atoms with Crippen LogP contribution in [0.2, 0.25) is 0 Å². The molecule has 0 fully saturated rings. The Hall–Kier alpha value is -1.59. The molecule has 0 radical (unpaired) electrons. The van der Waals surface area contributed by atoms with Crippen molar-refractivity contribution in [3.63, 3.8) is 0 Å². The standard InChI is InChI=1S/C14H18N2O2S/c1-13-4-6-14(7-5-13)12-19(17,18)15-8-11-16-9-2-3-10-16/h2-7,9-10,15H,8,11-12H2,1H3. The monoisotopic (exact) mass is 278 g/mol. The number of rotatable bonds is 6. The number of sulfonamides is 1. The van der Waals surface area contributed by atoms with Crippen LogP contribution in [-0.4, -0.2) is 19.5 Å². The third-order valence-electron chi connectivity index (χ3n) is 2.84. The van der Waals surface area contributed by atoms with Gasteiger partial charge >= 0.3 is 0 Å². The molecule has 0 aliphatic carbocycles. The lowest BCUT2D eigenvalue weighted by Crippen LogP contribution is -2.28. The highest BCUT2D eigenvalue weighted by molar-refractivity contribution is 7.88. The van der Waals surface area contributed by atoms with Gasteiger partial charge in [0.15, 0.2) is 0 Å². The second kappa shape index (κ2) is 6.04. The number of nitrogens with one attached hydrogen (secondary N) is 1. The molecule has 0 unspecified atom stereocenters. The number of nitrogens with zero attached hydrogens (tertiary/aromatic N) is 1. The smallest absolute Gasteiger partial charge is 0.215 e. The number of hydrogen-bond donors (Lipinski definition) is 1. The van der Waals surface area contributed by atoms with Crippen LogP contribution in [0.3, 0.4) is 0 Å². The summed E-state index contributed by atoms with van der Waals surface area (Å²) in [7, 11) is -3.26. The van der Waals surface area contributed by atoms with Crippen molar-refractivity contribution in [1.29, 1.82) is 0 Å². The average molecular weight is 278 g/mol. The van der Waals surface area contributed by atoms with Gasteiger partial charge in [0.2, 0.25) is 10.0 Å². The summed E-state index contributed by atoms with van der Waals surface area (Å²) in [4.78, 5) is 0. The normalized spacial score (nSPS) is 11.6. The minimum absolute atomic E-state index is 0.0267. The van der Waals surface area contributed by atoms with Gasteiger partial charge in [0, 0.05) is 25.5 Å². The number of hydrogen-bond acceptors (Lipinski definition) is 2. The van der Waals surface area contributed by atoms with E-state index in [4.69, 9.17) is 0 Å². The van der Waals surface area contributed by atoms with E-state index in [-0.39, 0.29) is 5.75 Å². The molecule has 0 atom stereocenters. The van der Waals surface area contributed by atoms with Crippen molar-refractivity contribution in [3.8, 4) is 0 Å². The zero-order valence-corrected chi connectivity index (χ0v) is 11.7. The second-order valence-electron chi connectivity index (χ2n) is 4.56. The molecule has 0 amide bonds. The minimum Gasteiger partial charge on any atom is -0.353 e. The predicted molar refractivity (Wildman–Crippen MR) is 76.2 cm³/mol. The molecule has 19 heavy (non-hydrogen) atoms. The van der Waals surface area contributed by atoms with E-state index in [1.807, 2.05) is 60.3 Å². The van der Waals surface area contributed by atoms with Gasteiger partial charge in [-0.15, -0.1) is 0 Å². The van der Waals surface area contributed by atoms with Crippen LogP contribution in [0.5, 0.6) is 0 Å². The van der Waals surface area contributed by atoms with Crippen LogP contribution in [0.15, 0.2) is 48.8 Å². The molecule has 1 aromatic heterocycles. The van der Waals surface area contributed by atoms with Gasteiger partial charge in [-0.25, -0.2) is 13.1 Å². The first kappa shape index (κ1) is 13.8. The van der Waals surface area contributed by atoms with Crippen LogP contribution in [0.25, 0.3) is 0 Å². The van der Waals surface area contributed by atoms with Crippen LogP contribution in [0.4, 0.5) is 0 Å². The van der Waals surface area contributed by atoms with Gasteiger partial charge in [0.1, 0.15) is 0 Å². The molecule has 2 rings (SSSR count). The van der Waals surface area contributed by atoms with E-state index < -0.39 is 10.0 Å². The molecule has 0 saturated heterocycles. The van der Waals surface area contributed by atoms with E-state index in [2.05, 4.69) is 4.72 Å². The first-order valence-electron chi connectivity index (χ1n) is 6.19. The van der Waals surface area contributed by atoms with Crippen molar-refractivity contribution in [3.05, 3.63) is 59.9 Å². The van der Waals surface area contributed by atoms with E-state index in [1.165, 1.54) is 0 Å². The summed E-state index contributed by atoms with van der Waals surface area (Å²) in [6.45, 7) is 3.02. The Morgan fingerprint density at radius 3 is 2.37 bits per heavy atom. The zero-order valence-electron chi connectivity index (χ0n) is 10.9. The highest BCUT2D eigenvalue weighted by atomic mass is 32.2. The molecule has 0 bridgehead atoms. The van der Waals surface area contributed by atoms with Crippen LogP contribution in [0, 0.1) is 6.92 Å². The maximum absolute atomic E-state index is 11.9. The zero-order chi connectivity index (χ0) is 13.7. The minimum atomic E-state index is -3.26. The van der Waals surface area contributed by atoms with Crippen molar-refractivity contribution >= 4 is 10.0 Å². The van der Waals surface area contributed by atoms with Crippen molar-refractivity contribution < 1.29 is 8.42 Å². The molecule has 5 heteroatoms. The van der Waals surface area contributed by atoms with E-state index in [0.29, 0.717) is 13.1 Å². The Kier molecular flexibility index (Phi) is 4.39. The second-order valence-corrected chi connectivity index (χ2v) is 6.37. The van der Waals surface area contributed by atoms with Gasteiger partial charge in [-0.05, 0) is 24.6 Å². The molecule has 0 spiro atoms. The Morgan fingerprint density at radius 2 is 1.74 bits per heavy atom. The summed E-state index contributed by atoms with van der Waals surface area (Å²) in [5.41, 5.74) is 1.93. The van der Waals surface area contributed by atoms with E-state index in [9.17, 15) is 8.42 Å². The number of aromatic nitrogens is 1. The first-order chi connectivity index (χ1) is 9.05. The SMILES string of the molecule is Cc1ccc(CS(=O)(=O)NCCn2cccc2)cc1. The lowest BCUT2D eigenvalue weighted by molar-refractivity contribution is 0.572. The first-order valence-corrected chi connectivity index (χ1v) is 7.84. The summed E-state index contributed by atoms with van der Waals surface area (Å²) in [6.07, 6.45) is 3.82. The highest BCUT2D eigenvalue weighted by Gasteiger charge is 2.10. The molecule has 1 N–H and O–H groups in total. The van der Waals surface area contributed by atoms with Crippen LogP contribution in [-0.2, 0) is 22.3 Å². The summed E-state index contributed by atoms with van der Waals surface area (Å²) >= 11 is 0. The molecular weight excluding hydrogens is 260 g/mol. The van der Waals surface area contributed by atoms with Crippen molar-refractivity contribution in [1.82, 2.24) is 9.29 Å². The maximum atomic E-state index is 11.9. The molecule has 102 valence electrons. The van der Waals surface area contributed by atoms with Crippen molar-refractivity contribution in [2.75, 3.05) is 6.54 Å². The van der Waals surface area contributed by atoms with Gasteiger partial charge in [0.25, 0.3) is 0 Å². The van der Waals surface area contributed by atoms with Crippen LogP contribution in [0.1, 0.15) is 11.1 Å². The predicted octanol–water partition coefficient (Wildman–Crippen LogP) is 1.92. The summed E-state index contributed by atoms with van der Waals surface area (Å²) in [6, 6.07) is 11.4. The number of aryl methyl sites for hydroxylation is 1. The van der Waals surface area contributed by atoms with Crippen molar-refractivity contribution in [2.24, 2.45) is 0 Å². The van der Waals surface area contributed by atoms with Gasteiger partial charge in [-0.3, -0.25) is 0 Å². The quantitative estimate of drug-likeness (QED) is 0.877. The molecule has 0 saturated carbocycles. The Labute approximate surface area is 114 Å². The molecule has 1 aromatic carbocycles. The maximum Gasteiger partial charge on any atom is 0.215 e. The molecule has 4 nitrogen and oxygen atoms in total. The molecule has 2 aromatic rings. The van der Waals surface area contributed by atoms with E-state index >= 15 is 0 Å². The summed E-state index contributed by atoms with van der Waals surface area (Å²) in [5, 5.41) is 0. The summed E-state index contributed by atoms with van der Waals surface area (Å²) < 4.78 is 28.3. The van der Waals surface area contributed by atoms with Crippen molar-refractivity contribution in [2.45, 2.75) is 19.2 Å². The lowest BCUT2D eigenvalue weighted by Gasteiger charge is -2.07. The average Bonchev–Trinajstić information content (AvgIpc) is 2.85. The molecule has 0 aliphatic rings. The third-order valence-corrected chi connectivity index (χ3v) is 4.19. The number of benzene rings is 1. The molecule has 1 heterocycles. The fraction of sp³-hybridized carbons (Fsp3) is 0.286. The summed E-state index contributed by atoms with van der Waals surface area (Å²) in [5.74, 6) is 0.0267. The van der Waals surface area contributed by atoms with Gasteiger partial charge in [-0.1, -0.05) is 29.8 Å². The Balaban J connectivity index is 1.86. The molecular formula is C14H18N2O2S. The Morgan fingerprint density at radius 1 is 1.11 bits per heavy atom. The van der Waals surface area contributed by atoms with Crippen LogP contribution >= 0.6 is 0 Å². The lowest BCUT2D eigenvalue weighted by atomic mass is 10.2.